The van der Waals surface area contributed by atoms with E-state index in [1.54, 1.807) is 24.3 Å². The van der Waals surface area contributed by atoms with Crippen LogP contribution in [0.3, 0.4) is 0 Å². The van der Waals surface area contributed by atoms with Gasteiger partial charge in [0.15, 0.2) is 0 Å². The molecule has 2 aromatic rings. The van der Waals surface area contributed by atoms with Crippen LogP contribution >= 0.6 is 11.6 Å². The first-order valence-electron chi connectivity index (χ1n) is 9.61. The summed E-state index contributed by atoms with van der Waals surface area (Å²) in [6, 6.07) is 15.1. The van der Waals surface area contributed by atoms with E-state index in [1.807, 2.05) is 30.3 Å². The number of alkyl carbamates (subject to hydrolysis) is 1. The highest BCUT2D eigenvalue weighted by Crippen LogP contribution is 2.12. The van der Waals surface area contributed by atoms with E-state index >= 15 is 0 Å². The second kappa shape index (κ2) is 12.6. The van der Waals surface area contributed by atoms with E-state index in [0.29, 0.717) is 5.02 Å². The van der Waals surface area contributed by atoms with Crippen molar-refractivity contribution in [1.82, 2.24) is 10.6 Å². The van der Waals surface area contributed by atoms with E-state index in [-0.39, 0.29) is 26.0 Å². The van der Waals surface area contributed by atoms with Gasteiger partial charge in [0.1, 0.15) is 12.6 Å². The van der Waals surface area contributed by atoms with Crippen LogP contribution in [0.25, 0.3) is 0 Å². The largest absolute Gasteiger partial charge is 0.467 e. The summed E-state index contributed by atoms with van der Waals surface area (Å²) in [7, 11) is 1.23. The van der Waals surface area contributed by atoms with Crippen molar-refractivity contribution in [2.24, 2.45) is 0 Å². The van der Waals surface area contributed by atoms with Gasteiger partial charge >= 0.3 is 12.1 Å². The smallest absolute Gasteiger partial charge is 0.407 e. The predicted octanol–water partition coefficient (Wildman–Crippen LogP) is 2.22. The van der Waals surface area contributed by atoms with Crippen molar-refractivity contribution in [3.05, 3.63) is 70.7 Å². The monoisotopic (exact) mass is 448 g/mol. The molecule has 8 nitrogen and oxygen atoms in total. The number of amides is 2. The lowest BCUT2D eigenvalue weighted by Gasteiger charge is -2.18. The molecule has 31 heavy (non-hydrogen) atoms. The molecule has 2 atom stereocenters. The average Bonchev–Trinajstić information content (AvgIpc) is 2.77. The number of benzene rings is 2. The number of carbonyl (C=O) groups excluding carboxylic acids is 3. The van der Waals surface area contributed by atoms with Gasteiger partial charge in [-0.15, -0.1) is 0 Å². The Kier molecular flexibility index (Phi) is 9.80. The van der Waals surface area contributed by atoms with Gasteiger partial charge < -0.3 is 25.2 Å². The zero-order chi connectivity index (χ0) is 22.6. The minimum atomic E-state index is -1.15. The van der Waals surface area contributed by atoms with Gasteiger partial charge in [-0.05, 0) is 23.3 Å². The van der Waals surface area contributed by atoms with Gasteiger partial charge in [0.25, 0.3) is 0 Å². The van der Waals surface area contributed by atoms with E-state index in [1.165, 1.54) is 7.11 Å². The Balaban J connectivity index is 1.76. The molecule has 2 aromatic carbocycles. The third-order valence-corrected chi connectivity index (χ3v) is 4.54. The summed E-state index contributed by atoms with van der Waals surface area (Å²) in [6.45, 7) is -0.0874. The molecule has 0 heterocycles. The van der Waals surface area contributed by atoms with E-state index in [9.17, 15) is 19.5 Å². The Morgan fingerprint density at radius 1 is 1.03 bits per heavy atom. The van der Waals surface area contributed by atoms with Gasteiger partial charge in [-0.3, -0.25) is 4.79 Å². The highest BCUT2D eigenvalue weighted by atomic mass is 35.5. The van der Waals surface area contributed by atoms with Crippen molar-refractivity contribution < 1.29 is 29.0 Å². The summed E-state index contributed by atoms with van der Waals surface area (Å²) in [4.78, 5) is 36.0. The average molecular weight is 449 g/mol. The maximum atomic E-state index is 12.2. The maximum Gasteiger partial charge on any atom is 0.407 e. The molecule has 0 bridgehead atoms. The third-order valence-electron chi connectivity index (χ3n) is 4.29. The number of carbonyl (C=O) groups is 3. The first-order chi connectivity index (χ1) is 14.9. The standard InChI is InChI=1S/C22H25ClN2O6/c1-30-21(28)19(11-15-7-9-17(23)10-8-15)25-20(27)12-18(26)13-24-22(29)31-14-16-5-3-2-4-6-16/h2-10,18-19,26H,11-14H2,1H3,(H,24,29)(H,25,27)/t18-,19+/m1/s1. The normalized spacial score (nSPS) is 12.4. The molecule has 0 radical (unpaired) electrons. The number of hydrogen-bond donors (Lipinski definition) is 3. The molecule has 166 valence electrons. The van der Waals surface area contributed by atoms with Crippen molar-refractivity contribution in [2.45, 2.75) is 31.6 Å². The van der Waals surface area contributed by atoms with Crippen LogP contribution in [0.5, 0.6) is 0 Å². The Bertz CT molecular complexity index is 860. The molecule has 0 saturated carbocycles. The molecular weight excluding hydrogens is 424 g/mol. The number of nitrogens with one attached hydrogen (secondary N) is 2. The van der Waals surface area contributed by atoms with Crippen LogP contribution in [-0.4, -0.2) is 48.9 Å². The third kappa shape index (κ3) is 9.06. The summed E-state index contributed by atoms with van der Waals surface area (Å²) >= 11 is 5.85. The highest BCUT2D eigenvalue weighted by Gasteiger charge is 2.23. The fourth-order valence-corrected chi connectivity index (χ4v) is 2.83. The topological polar surface area (TPSA) is 114 Å². The molecule has 0 aliphatic carbocycles. The number of methoxy groups -OCH3 is 1. The molecule has 2 amide bonds. The summed E-state index contributed by atoms with van der Waals surface area (Å²) in [5.41, 5.74) is 1.61. The second-order valence-corrected chi connectivity index (χ2v) is 7.21. The van der Waals surface area contributed by atoms with Crippen LogP contribution < -0.4 is 10.6 Å². The molecule has 9 heteroatoms. The van der Waals surface area contributed by atoms with Gasteiger partial charge in [-0.1, -0.05) is 54.1 Å². The minimum Gasteiger partial charge on any atom is -0.467 e. The first-order valence-corrected chi connectivity index (χ1v) is 9.99. The van der Waals surface area contributed by atoms with Crippen molar-refractivity contribution in [1.29, 1.82) is 0 Å². The number of halogens is 1. The lowest BCUT2D eigenvalue weighted by atomic mass is 10.1. The SMILES string of the molecule is COC(=O)[C@H](Cc1ccc(Cl)cc1)NC(=O)C[C@@H](O)CNC(=O)OCc1ccccc1. The van der Waals surface area contributed by atoms with E-state index < -0.39 is 30.1 Å². The van der Waals surface area contributed by atoms with Crippen LogP contribution in [0.4, 0.5) is 4.79 Å². The number of esters is 1. The lowest BCUT2D eigenvalue weighted by molar-refractivity contribution is -0.145. The highest BCUT2D eigenvalue weighted by molar-refractivity contribution is 6.30. The molecule has 0 saturated heterocycles. The molecule has 0 unspecified atom stereocenters. The number of hydrogen-bond acceptors (Lipinski definition) is 6. The van der Waals surface area contributed by atoms with Crippen molar-refractivity contribution >= 4 is 29.6 Å². The summed E-state index contributed by atoms with van der Waals surface area (Å²) in [5, 5.41) is 15.5. The van der Waals surface area contributed by atoms with Crippen LogP contribution in [0, 0.1) is 0 Å². The minimum absolute atomic E-state index is 0.0920. The molecule has 0 aromatic heterocycles. The number of aliphatic hydroxyl groups excluding tert-OH is 1. The molecule has 0 fully saturated rings. The first kappa shape index (κ1) is 24.2. The fourth-order valence-electron chi connectivity index (χ4n) is 2.71. The van der Waals surface area contributed by atoms with Gasteiger partial charge in [0.05, 0.1) is 19.6 Å². The molecule has 2 rings (SSSR count). The summed E-state index contributed by atoms with van der Waals surface area (Å²) in [5.74, 6) is -1.17. The van der Waals surface area contributed by atoms with Crippen molar-refractivity contribution in [3.8, 4) is 0 Å². The Labute approximate surface area is 185 Å². The maximum absolute atomic E-state index is 12.2. The Morgan fingerprint density at radius 3 is 2.35 bits per heavy atom. The van der Waals surface area contributed by atoms with Crippen LogP contribution in [0.15, 0.2) is 54.6 Å². The zero-order valence-corrected chi connectivity index (χ0v) is 17.8. The molecular formula is C22H25ClN2O6. The fraction of sp³-hybridized carbons (Fsp3) is 0.318. The Hall–Kier alpha value is -3.10. The van der Waals surface area contributed by atoms with Gasteiger partial charge in [-0.25, -0.2) is 9.59 Å². The van der Waals surface area contributed by atoms with E-state index in [2.05, 4.69) is 10.6 Å². The molecule has 0 aliphatic rings. The molecule has 0 aliphatic heterocycles. The predicted molar refractivity (Wildman–Crippen MR) is 114 cm³/mol. The molecule has 0 spiro atoms. The van der Waals surface area contributed by atoms with Crippen LogP contribution in [-0.2, 0) is 32.1 Å². The lowest BCUT2D eigenvalue weighted by Crippen LogP contribution is -2.45. The summed E-state index contributed by atoms with van der Waals surface area (Å²) < 4.78 is 9.78. The quantitative estimate of drug-likeness (QED) is 0.480. The number of ether oxygens (including phenoxy) is 2. The summed E-state index contributed by atoms with van der Waals surface area (Å²) in [6.07, 6.45) is -1.97. The van der Waals surface area contributed by atoms with Gasteiger partial charge in [-0.2, -0.15) is 0 Å². The van der Waals surface area contributed by atoms with E-state index in [4.69, 9.17) is 21.1 Å². The zero-order valence-electron chi connectivity index (χ0n) is 17.0. The number of rotatable bonds is 10. The van der Waals surface area contributed by atoms with E-state index in [0.717, 1.165) is 11.1 Å². The molecule has 3 N–H and O–H groups in total. The number of aliphatic hydroxyl groups is 1. The van der Waals surface area contributed by atoms with Crippen molar-refractivity contribution in [2.75, 3.05) is 13.7 Å². The van der Waals surface area contributed by atoms with Gasteiger partial charge in [0.2, 0.25) is 5.91 Å². The van der Waals surface area contributed by atoms with Crippen molar-refractivity contribution in [3.63, 3.8) is 0 Å². The van der Waals surface area contributed by atoms with Gasteiger partial charge in [0, 0.05) is 18.0 Å². The second-order valence-electron chi connectivity index (χ2n) is 6.77. The Morgan fingerprint density at radius 2 is 1.71 bits per heavy atom. The van der Waals surface area contributed by atoms with Crippen LogP contribution in [0.2, 0.25) is 5.02 Å². The van der Waals surface area contributed by atoms with Crippen LogP contribution in [0.1, 0.15) is 17.5 Å².